The first-order chi connectivity index (χ1) is 14.4. The Bertz CT molecular complexity index is 1050. The van der Waals surface area contributed by atoms with Gasteiger partial charge in [-0.1, -0.05) is 24.2 Å². The van der Waals surface area contributed by atoms with Crippen LogP contribution in [-0.2, 0) is 27.4 Å². The van der Waals surface area contributed by atoms with E-state index >= 15 is 0 Å². The molecular formula is C21H24ClN3O4Si. The van der Waals surface area contributed by atoms with Crippen molar-refractivity contribution < 1.29 is 19.0 Å². The topological polar surface area (TPSA) is 88.6 Å². The Morgan fingerprint density at radius 1 is 1.27 bits per heavy atom. The van der Waals surface area contributed by atoms with Crippen LogP contribution >= 0.6 is 11.6 Å². The molecule has 7 nitrogen and oxygen atoms in total. The molecule has 3 aromatic rings. The second-order valence-corrected chi connectivity index (χ2v) is 8.34. The number of methoxy groups -OCH3 is 1. The number of aromatic nitrogens is 2. The van der Waals surface area contributed by atoms with E-state index in [2.05, 4.69) is 16.3 Å². The summed E-state index contributed by atoms with van der Waals surface area (Å²) in [5, 5.41) is 0.379. The first kappa shape index (κ1) is 22.1. The molecule has 0 bridgehead atoms. The van der Waals surface area contributed by atoms with Gasteiger partial charge in [-0.2, -0.15) is 0 Å². The molecule has 2 aromatic carbocycles. The lowest BCUT2D eigenvalue weighted by Crippen LogP contribution is -2.06. The standard InChI is InChI=1S/C21H24ClN3O4Si/c1-13-24-17-10-16(23)20(11-18(17)25(13)12-28-6-7-30-3)29-19-5-4-14(8-15(19)22)9-21(26)27-2/h4-5,8,10-11H,6-7,9,12,23H2,1-3H3. The summed E-state index contributed by atoms with van der Waals surface area (Å²) in [6, 6.07) is 9.82. The fourth-order valence-corrected chi connectivity index (χ4v) is 3.55. The number of halogens is 1. The van der Waals surface area contributed by atoms with Gasteiger partial charge in [0, 0.05) is 22.2 Å². The Kier molecular flexibility index (Phi) is 7.36. The van der Waals surface area contributed by atoms with Gasteiger partial charge in [-0.05, 0) is 36.7 Å². The SMILES string of the molecule is COC(=O)Cc1ccc(Oc2cc3c(cc2N)nc(C)n3COCC[Si]C)c(Cl)c1. The maximum Gasteiger partial charge on any atom is 0.309 e. The van der Waals surface area contributed by atoms with Crippen LogP contribution in [0.15, 0.2) is 30.3 Å². The molecule has 0 saturated carbocycles. The molecule has 0 saturated heterocycles. The lowest BCUT2D eigenvalue weighted by atomic mass is 10.1. The van der Waals surface area contributed by atoms with Gasteiger partial charge in [0.25, 0.3) is 0 Å². The molecule has 0 spiro atoms. The summed E-state index contributed by atoms with van der Waals surface area (Å²) in [7, 11) is 2.21. The van der Waals surface area contributed by atoms with Crippen molar-refractivity contribution in [3.8, 4) is 11.5 Å². The van der Waals surface area contributed by atoms with Crippen LogP contribution in [-0.4, -0.2) is 38.8 Å². The predicted octanol–water partition coefficient (Wildman–Crippen LogP) is 4.23. The van der Waals surface area contributed by atoms with Gasteiger partial charge in [-0.25, -0.2) is 4.98 Å². The van der Waals surface area contributed by atoms with Crippen LogP contribution in [0.3, 0.4) is 0 Å². The van der Waals surface area contributed by atoms with Crippen LogP contribution in [0.1, 0.15) is 11.4 Å². The number of carbonyl (C=O) groups is 1. The summed E-state index contributed by atoms with van der Waals surface area (Å²) in [5.74, 6) is 1.42. The molecule has 2 N–H and O–H groups in total. The third kappa shape index (κ3) is 5.13. The van der Waals surface area contributed by atoms with Gasteiger partial charge in [0.15, 0.2) is 5.75 Å². The minimum absolute atomic E-state index is 0.140. The Labute approximate surface area is 182 Å². The first-order valence-corrected chi connectivity index (χ1v) is 11.5. The van der Waals surface area contributed by atoms with Gasteiger partial charge in [-0.3, -0.25) is 4.79 Å². The zero-order valence-electron chi connectivity index (χ0n) is 17.2. The average Bonchev–Trinajstić information content (AvgIpc) is 3.01. The molecule has 0 unspecified atom stereocenters. The minimum atomic E-state index is -0.334. The van der Waals surface area contributed by atoms with E-state index in [4.69, 9.17) is 26.8 Å². The summed E-state index contributed by atoms with van der Waals surface area (Å²) in [6.07, 6.45) is 0.140. The molecule has 0 aliphatic heterocycles. The second kappa shape index (κ2) is 9.97. The maximum atomic E-state index is 11.5. The maximum absolute atomic E-state index is 11.5. The van der Waals surface area contributed by atoms with E-state index in [0.29, 0.717) is 35.5 Å². The molecule has 9 heteroatoms. The van der Waals surface area contributed by atoms with E-state index in [9.17, 15) is 4.79 Å². The first-order valence-electron chi connectivity index (χ1n) is 9.44. The number of esters is 1. The number of hydrogen-bond donors (Lipinski definition) is 1. The number of imidazole rings is 1. The Morgan fingerprint density at radius 2 is 2.07 bits per heavy atom. The molecule has 0 atom stereocenters. The highest BCUT2D eigenvalue weighted by atomic mass is 35.5. The number of nitrogens with two attached hydrogens (primary N) is 1. The van der Waals surface area contributed by atoms with Crippen LogP contribution in [0.25, 0.3) is 11.0 Å². The van der Waals surface area contributed by atoms with Crippen molar-refractivity contribution in [2.75, 3.05) is 19.5 Å². The number of rotatable bonds is 9. The van der Waals surface area contributed by atoms with E-state index < -0.39 is 0 Å². The van der Waals surface area contributed by atoms with Crippen molar-refractivity contribution in [1.29, 1.82) is 0 Å². The Morgan fingerprint density at radius 3 is 2.77 bits per heavy atom. The van der Waals surface area contributed by atoms with Crippen molar-refractivity contribution in [2.24, 2.45) is 0 Å². The van der Waals surface area contributed by atoms with Crippen LogP contribution in [0.4, 0.5) is 5.69 Å². The molecule has 158 valence electrons. The summed E-state index contributed by atoms with van der Waals surface area (Å²) in [4.78, 5) is 16.0. The lowest BCUT2D eigenvalue weighted by molar-refractivity contribution is -0.139. The zero-order valence-corrected chi connectivity index (χ0v) is 19.0. The van der Waals surface area contributed by atoms with E-state index in [-0.39, 0.29) is 12.4 Å². The third-order valence-corrected chi connectivity index (χ3v) is 5.58. The minimum Gasteiger partial charge on any atom is -0.469 e. The van der Waals surface area contributed by atoms with Crippen molar-refractivity contribution in [3.05, 3.63) is 46.7 Å². The van der Waals surface area contributed by atoms with Gasteiger partial charge >= 0.3 is 5.97 Å². The molecule has 30 heavy (non-hydrogen) atoms. The van der Waals surface area contributed by atoms with Crippen molar-refractivity contribution in [3.63, 3.8) is 0 Å². The fourth-order valence-electron chi connectivity index (χ4n) is 2.96. The molecule has 2 radical (unpaired) electrons. The monoisotopic (exact) mass is 445 g/mol. The highest BCUT2D eigenvalue weighted by molar-refractivity contribution is 6.33. The smallest absolute Gasteiger partial charge is 0.309 e. The van der Waals surface area contributed by atoms with Crippen LogP contribution in [0.2, 0.25) is 17.6 Å². The molecule has 0 amide bonds. The summed E-state index contributed by atoms with van der Waals surface area (Å²) >= 11 is 6.36. The number of nitrogens with zero attached hydrogens (tertiary/aromatic N) is 2. The van der Waals surface area contributed by atoms with Crippen LogP contribution in [0.5, 0.6) is 11.5 Å². The number of anilines is 1. The lowest BCUT2D eigenvalue weighted by Gasteiger charge is -2.12. The summed E-state index contributed by atoms with van der Waals surface area (Å²) in [6.45, 7) is 5.21. The van der Waals surface area contributed by atoms with Gasteiger partial charge in [0.05, 0.1) is 35.3 Å². The quantitative estimate of drug-likeness (QED) is 0.229. The second-order valence-electron chi connectivity index (χ2n) is 6.73. The fraction of sp³-hybridized carbons (Fsp3) is 0.333. The van der Waals surface area contributed by atoms with Crippen molar-refractivity contribution >= 4 is 43.8 Å². The van der Waals surface area contributed by atoms with E-state index in [0.717, 1.165) is 38.0 Å². The predicted molar refractivity (Wildman–Crippen MR) is 119 cm³/mol. The summed E-state index contributed by atoms with van der Waals surface area (Å²) in [5.41, 5.74) is 9.02. The van der Waals surface area contributed by atoms with Crippen LogP contribution < -0.4 is 10.5 Å². The molecule has 3 rings (SSSR count). The highest BCUT2D eigenvalue weighted by Crippen LogP contribution is 2.35. The average molecular weight is 446 g/mol. The third-order valence-electron chi connectivity index (χ3n) is 4.58. The molecule has 1 heterocycles. The molecule has 0 aliphatic carbocycles. The van der Waals surface area contributed by atoms with E-state index in [1.54, 1.807) is 24.3 Å². The van der Waals surface area contributed by atoms with Crippen LogP contribution in [0, 0.1) is 6.92 Å². The number of carbonyl (C=O) groups excluding carboxylic acids is 1. The number of nitrogen functional groups attached to an aromatic ring is 1. The zero-order chi connectivity index (χ0) is 21.7. The molecule has 0 fully saturated rings. The highest BCUT2D eigenvalue weighted by Gasteiger charge is 2.14. The number of benzene rings is 2. The Balaban J connectivity index is 1.85. The summed E-state index contributed by atoms with van der Waals surface area (Å²) < 4.78 is 18.4. The molecule has 1 aromatic heterocycles. The van der Waals surface area contributed by atoms with Gasteiger partial charge < -0.3 is 24.5 Å². The normalized spacial score (nSPS) is 11.1. The van der Waals surface area contributed by atoms with E-state index in [1.165, 1.54) is 7.11 Å². The largest absolute Gasteiger partial charge is 0.469 e. The van der Waals surface area contributed by atoms with Crippen molar-refractivity contribution in [1.82, 2.24) is 9.55 Å². The van der Waals surface area contributed by atoms with Gasteiger partial charge in [0.2, 0.25) is 0 Å². The van der Waals surface area contributed by atoms with Gasteiger partial charge in [-0.15, -0.1) is 0 Å². The number of hydrogen-bond acceptors (Lipinski definition) is 6. The van der Waals surface area contributed by atoms with Crippen molar-refractivity contribution in [2.45, 2.75) is 32.7 Å². The van der Waals surface area contributed by atoms with E-state index in [1.807, 2.05) is 17.6 Å². The Hall–Kier alpha value is -2.55. The number of fused-ring (bicyclic) bond motifs is 1. The number of aryl methyl sites for hydroxylation is 1. The molecule has 0 aliphatic rings. The molecular weight excluding hydrogens is 422 g/mol. The number of ether oxygens (including phenoxy) is 3. The van der Waals surface area contributed by atoms with Gasteiger partial charge in [0.1, 0.15) is 18.3 Å².